The molecule has 1 atom stereocenters. The van der Waals surface area contributed by atoms with Crippen molar-refractivity contribution in [2.45, 2.75) is 77.5 Å². The summed E-state index contributed by atoms with van der Waals surface area (Å²) in [6, 6.07) is 15.0. The van der Waals surface area contributed by atoms with E-state index in [4.69, 9.17) is 0 Å². The van der Waals surface area contributed by atoms with Gasteiger partial charge in [0.2, 0.25) is 0 Å². The van der Waals surface area contributed by atoms with E-state index in [0.717, 1.165) is 59.1 Å². The van der Waals surface area contributed by atoms with Crippen molar-refractivity contribution in [2.24, 2.45) is 0 Å². The fourth-order valence-corrected chi connectivity index (χ4v) is 5.45. The summed E-state index contributed by atoms with van der Waals surface area (Å²) in [7, 11) is 0. The zero-order valence-electron chi connectivity index (χ0n) is 21.0. The van der Waals surface area contributed by atoms with Crippen LogP contribution in [0, 0.1) is 12.7 Å². The second-order valence-corrected chi connectivity index (χ2v) is 9.95. The van der Waals surface area contributed by atoms with E-state index >= 15 is 0 Å². The molecule has 2 aromatic heterocycles. The average molecular weight is 489 g/mol. The molecule has 2 heterocycles. The lowest BCUT2D eigenvalue weighted by Gasteiger charge is -2.35. The highest BCUT2D eigenvalue weighted by Gasteiger charge is 2.33. The van der Waals surface area contributed by atoms with Crippen LogP contribution in [0.1, 0.15) is 74.0 Å². The van der Waals surface area contributed by atoms with Crippen molar-refractivity contribution in [3.05, 3.63) is 87.2 Å². The Labute approximate surface area is 210 Å². The molecule has 1 aliphatic carbocycles. The summed E-state index contributed by atoms with van der Waals surface area (Å²) in [4.78, 5) is 18.7. The molecule has 36 heavy (non-hydrogen) atoms. The maximum absolute atomic E-state index is 13.4. The van der Waals surface area contributed by atoms with Crippen LogP contribution >= 0.6 is 0 Å². The molecule has 188 valence electrons. The summed E-state index contributed by atoms with van der Waals surface area (Å²) in [5.74, 6) is 0.531. The topological polar surface area (TPSA) is 79.7 Å². The molecular formula is C28H33FN6O. The molecular weight excluding hydrogens is 455 g/mol. The van der Waals surface area contributed by atoms with Gasteiger partial charge in [0.25, 0.3) is 5.56 Å². The molecule has 8 heteroatoms. The van der Waals surface area contributed by atoms with Gasteiger partial charge in [-0.3, -0.25) is 9.69 Å². The first kappa shape index (κ1) is 24.3. The van der Waals surface area contributed by atoms with Crippen LogP contribution in [0.5, 0.6) is 0 Å². The zero-order valence-corrected chi connectivity index (χ0v) is 21.0. The lowest BCUT2D eigenvalue weighted by atomic mass is 10.0. The Kier molecular flexibility index (Phi) is 7.23. The van der Waals surface area contributed by atoms with Gasteiger partial charge in [0.05, 0.1) is 12.6 Å². The van der Waals surface area contributed by atoms with Gasteiger partial charge in [-0.05, 0) is 77.4 Å². The molecule has 5 rings (SSSR count). The number of rotatable bonds is 9. The van der Waals surface area contributed by atoms with Crippen LogP contribution in [0.15, 0.2) is 53.3 Å². The Morgan fingerprint density at radius 2 is 1.92 bits per heavy atom. The molecule has 0 amide bonds. The highest BCUT2D eigenvalue weighted by atomic mass is 19.1. The summed E-state index contributed by atoms with van der Waals surface area (Å²) >= 11 is 0. The van der Waals surface area contributed by atoms with Crippen LogP contribution in [0.4, 0.5) is 4.39 Å². The number of tetrazole rings is 1. The number of fused-ring (bicyclic) bond motifs is 1. The molecule has 1 N–H and O–H groups in total. The average Bonchev–Trinajstić information content (AvgIpc) is 3.56. The number of nitrogens with zero attached hydrogens (tertiary/aromatic N) is 5. The Morgan fingerprint density at radius 1 is 1.14 bits per heavy atom. The van der Waals surface area contributed by atoms with Gasteiger partial charge in [-0.2, -0.15) is 0 Å². The van der Waals surface area contributed by atoms with E-state index in [2.05, 4.69) is 44.5 Å². The molecule has 1 unspecified atom stereocenters. The van der Waals surface area contributed by atoms with E-state index in [1.54, 1.807) is 12.1 Å². The molecule has 0 bridgehead atoms. The fourth-order valence-electron chi connectivity index (χ4n) is 5.45. The van der Waals surface area contributed by atoms with E-state index in [-0.39, 0.29) is 17.4 Å². The third-order valence-electron chi connectivity index (χ3n) is 7.29. The molecule has 4 aromatic rings. The number of halogens is 1. The van der Waals surface area contributed by atoms with Crippen LogP contribution in [-0.4, -0.2) is 36.1 Å². The third kappa shape index (κ3) is 5.23. The van der Waals surface area contributed by atoms with Crippen LogP contribution in [-0.2, 0) is 13.1 Å². The van der Waals surface area contributed by atoms with Crippen molar-refractivity contribution >= 4 is 10.9 Å². The molecule has 1 fully saturated rings. The minimum absolute atomic E-state index is 0.0262. The molecule has 2 aromatic carbocycles. The summed E-state index contributed by atoms with van der Waals surface area (Å²) in [6.45, 7) is 5.20. The maximum atomic E-state index is 13.4. The predicted molar refractivity (Wildman–Crippen MR) is 138 cm³/mol. The van der Waals surface area contributed by atoms with Gasteiger partial charge >= 0.3 is 0 Å². The standard InChI is InChI=1S/C28H33FN6O/c1-3-6-26(27-31-32-33-35(27)17-20-10-13-23(29)14-11-20)34(24-7-4-5-8-24)18-22-16-21-12-9-19(2)15-25(21)30-28(22)36/h9-16,24,26H,3-8,17-18H2,1-2H3,(H,30,36). The Hall–Kier alpha value is -3.39. The number of benzene rings is 2. The molecule has 0 radical (unpaired) electrons. The first-order valence-corrected chi connectivity index (χ1v) is 12.9. The van der Waals surface area contributed by atoms with Gasteiger partial charge in [-0.15, -0.1) is 5.10 Å². The molecule has 7 nitrogen and oxygen atoms in total. The van der Waals surface area contributed by atoms with Gasteiger partial charge in [0.15, 0.2) is 5.82 Å². The predicted octanol–water partition coefficient (Wildman–Crippen LogP) is 5.30. The highest BCUT2D eigenvalue weighted by molar-refractivity contribution is 5.79. The zero-order chi connectivity index (χ0) is 25.1. The SMILES string of the molecule is CCCC(c1nnnn1Cc1ccc(F)cc1)N(Cc1cc2ccc(C)cc2[nH]c1=O)C1CCCC1. The number of hydrogen-bond acceptors (Lipinski definition) is 5. The first-order chi connectivity index (χ1) is 17.5. The number of aromatic amines is 1. The molecule has 0 saturated heterocycles. The summed E-state index contributed by atoms with van der Waals surface area (Å²) in [5.41, 5.74) is 3.64. The molecule has 1 aliphatic rings. The Bertz CT molecular complexity index is 1370. The lowest BCUT2D eigenvalue weighted by molar-refractivity contribution is 0.108. The minimum Gasteiger partial charge on any atom is -0.322 e. The smallest absolute Gasteiger partial charge is 0.252 e. The number of aryl methyl sites for hydroxylation is 1. The maximum Gasteiger partial charge on any atom is 0.252 e. The number of nitrogens with one attached hydrogen (secondary N) is 1. The second-order valence-electron chi connectivity index (χ2n) is 9.95. The van der Waals surface area contributed by atoms with Crippen molar-refractivity contribution in [1.82, 2.24) is 30.1 Å². The fraction of sp³-hybridized carbons (Fsp3) is 0.429. The van der Waals surface area contributed by atoms with Crippen molar-refractivity contribution in [3.63, 3.8) is 0 Å². The Morgan fingerprint density at radius 3 is 2.67 bits per heavy atom. The van der Waals surface area contributed by atoms with Crippen LogP contribution in [0.2, 0.25) is 0 Å². The van der Waals surface area contributed by atoms with Crippen molar-refractivity contribution < 1.29 is 4.39 Å². The van der Waals surface area contributed by atoms with Crippen LogP contribution < -0.4 is 5.56 Å². The van der Waals surface area contributed by atoms with E-state index in [0.29, 0.717) is 19.1 Å². The number of H-pyrrole nitrogens is 1. The first-order valence-electron chi connectivity index (χ1n) is 12.9. The van der Waals surface area contributed by atoms with Crippen LogP contribution in [0.25, 0.3) is 10.9 Å². The van der Waals surface area contributed by atoms with E-state index < -0.39 is 0 Å². The van der Waals surface area contributed by atoms with Crippen molar-refractivity contribution in [3.8, 4) is 0 Å². The summed E-state index contributed by atoms with van der Waals surface area (Å²) in [6.07, 6.45) is 6.42. The normalized spacial score (nSPS) is 15.2. The van der Waals surface area contributed by atoms with E-state index in [1.165, 1.54) is 25.0 Å². The summed E-state index contributed by atoms with van der Waals surface area (Å²) in [5, 5.41) is 13.8. The van der Waals surface area contributed by atoms with Crippen molar-refractivity contribution in [2.75, 3.05) is 0 Å². The van der Waals surface area contributed by atoms with Crippen LogP contribution in [0.3, 0.4) is 0 Å². The van der Waals surface area contributed by atoms with Gasteiger partial charge in [-0.1, -0.05) is 50.5 Å². The largest absolute Gasteiger partial charge is 0.322 e. The van der Waals surface area contributed by atoms with Gasteiger partial charge in [0, 0.05) is 23.7 Å². The Balaban J connectivity index is 1.50. The number of hydrogen-bond donors (Lipinski definition) is 1. The highest BCUT2D eigenvalue weighted by Crippen LogP contribution is 2.34. The summed E-state index contributed by atoms with van der Waals surface area (Å²) < 4.78 is 15.2. The molecule has 0 aliphatic heterocycles. The van der Waals surface area contributed by atoms with E-state index in [9.17, 15) is 9.18 Å². The molecule has 1 saturated carbocycles. The van der Waals surface area contributed by atoms with Gasteiger partial charge in [-0.25, -0.2) is 9.07 Å². The lowest BCUT2D eigenvalue weighted by Crippen LogP contribution is -2.39. The van der Waals surface area contributed by atoms with E-state index in [1.807, 2.05) is 23.7 Å². The quantitative estimate of drug-likeness (QED) is 0.346. The van der Waals surface area contributed by atoms with Gasteiger partial charge < -0.3 is 4.98 Å². The number of pyridine rings is 1. The van der Waals surface area contributed by atoms with Gasteiger partial charge in [0.1, 0.15) is 5.82 Å². The second kappa shape index (κ2) is 10.7. The number of aromatic nitrogens is 5. The third-order valence-corrected chi connectivity index (χ3v) is 7.29. The minimum atomic E-state index is -0.261. The van der Waals surface area contributed by atoms with Crippen molar-refractivity contribution in [1.29, 1.82) is 0 Å². The molecule has 0 spiro atoms. The monoisotopic (exact) mass is 488 g/mol.